The number of hydrogen-bond acceptors (Lipinski definition) is 5. The van der Waals surface area contributed by atoms with Crippen LogP contribution in [0.3, 0.4) is 0 Å². The van der Waals surface area contributed by atoms with Crippen LogP contribution < -0.4 is 10.2 Å². The number of urea groups is 1. The van der Waals surface area contributed by atoms with Crippen molar-refractivity contribution in [3.63, 3.8) is 0 Å². The van der Waals surface area contributed by atoms with E-state index in [1.165, 1.54) is 0 Å². The molecule has 4 heterocycles. The normalized spacial score (nSPS) is 19.9. The maximum atomic E-state index is 12.7. The van der Waals surface area contributed by atoms with Crippen LogP contribution in [0.1, 0.15) is 13.3 Å². The number of carbonyl (C=O) groups is 1. The van der Waals surface area contributed by atoms with Crippen LogP contribution >= 0.6 is 0 Å². The standard InChI is InChI=1S/C19H23N7O/c1-13-7-10-26(19(27)24-16-5-3-4-8-20-16)11-15(13)25(2)18-14-6-9-21-17(14)22-12-23-18/h3-6,8-9,12-13,15H,7,10-11H2,1-2H3,(H,20,24,27)(H,21,22,23). The van der Waals surface area contributed by atoms with E-state index < -0.39 is 0 Å². The lowest BCUT2D eigenvalue weighted by molar-refractivity contribution is 0.172. The van der Waals surface area contributed by atoms with Crippen molar-refractivity contribution < 1.29 is 4.79 Å². The molecule has 2 atom stereocenters. The summed E-state index contributed by atoms with van der Waals surface area (Å²) in [6.07, 6.45) is 6.05. The van der Waals surface area contributed by atoms with Gasteiger partial charge in [0.1, 0.15) is 23.6 Å². The highest BCUT2D eigenvalue weighted by Gasteiger charge is 2.32. The molecule has 3 aromatic rings. The van der Waals surface area contributed by atoms with Gasteiger partial charge in [-0.1, -0.05) is 13.0 Å². The summed E-state index contributed by atoms with van der Waals surface area (Å²) in [4.78, 5) is 32.7. The molecule has 0 spiro atoms. The Hall–Kier alpha value is -3.16. The maximum absolute atomic E-state index is 12.7. The molecule has 8 heteroatoms. The predicted octanol–water partition coefficient (Wildman–Crippen LogP) is 2.73. The first-order chi connectivity index (χ1) is 13.1. The molecule has 0 aromatic carbocycles. The number of hydrogen-bond donors (Lipinski definition) is 2. The van der Waals surface area contributed by atoms with Gasteiger partial charge in [-0.05, 0) is 30.5 Å². The van der Waals surface area contributed by atoms with Crippen molar-refractivity contribution in [2.45, 2.75) is 19.4 Å². The van der Waals surface area contributed by atoms with Gasteiger partial charge in [0.05, 0.1) is 11.4 Å². The number of carbonyl (C=O) groups excluding carboxylic acids is 1. The Bertz CT molecular complexity index is 926. The van der Waals surface area contributed by atoms with Crippen LogP contribution in [-0.4, -0.2) is 57.0 Å². The van der Waals surface area contributed by atoms with Gasteiger partial charge in [0.25, 0.3) is 0 Å². The first kappa shape index (κ1) is 17.3. The van der Waals surface area contributed by atoms with Crippen LogP contribution in [0.5, 0.6) is 0 Å². The molecule has 8 nitrogen and oxygen atoms in total. The number of rotatable bonds is 3. The predicted molar refractivity (Wildman–Crippen MR) is 105 cm³/mol. The molecule has 0 bridgehead atoms. The third-order valence-corrected chi connectivity index (χ3v) is 5.27. The summed E-state index contributed by atoms with van der Waals surface area (Å²) in [7, 11) is 2.04. The number of pyridine rings is 1. The molecule has 0 aliphatic carbocycles. The topological polar surface area (TPSA) is 90.0 Å². The molecule has 0 radical (unpaired) electrons. The molecule has 1 saturated heterocycles. The van der Waals surface area contributed by atoms with Crippen molar-refractivity contribution >= 4 is 28.7 Å². The number of fused-ring (bicyclic) bond motifs is 1. The van der Waals surface area contributed by atoms with Crippen molar-refractivity contribution in [1.29, 1.82) is 0 Å². The number of nitrogens with zero attached hydrogens (tertiary/aromatic N) is 5. The average Bonchev–Trinajstić information content (AvgIpc) is 3.17. The highest BCUT2D eigenvalue weighted by atomic mass is 16.2. The Morgan fingerprint density at radius 1 is 1.30 bits per heavy atom. The summed E-state index contributed by atoms with van der Waals surface area (Å²) in [5, 5.41) is 3.87. The highest BCUT2D eigenvalue weighted by molar-refractivity contribution is 5.89. The summed E-state index contributed by atoms with van der Waals surface area (Å²) < 4.78 is 0. The Morgan fingerprint density at radius 2 is 2.19 bits per heavy atom. The zero-order chi connectivity index (χ0) is 18.8. The van der Waals surface area contributed by atoms with Gasteiger partial charge < -0.3 is 14.8 Å². The van der Waals surface area contributed by atoms with Crippen molar-refractivity contribution in [3.8, 4) is 0 Å². The Labute approximate surface area is 157 Å². The lowest BCUT2D eigenvalue weighted by atomic mass is 9.92. The SMILES string of the molecule is CC1CCN(C(=O)Nc2ccccn2)CC1N(C)c1ncnc2[nH]ccc12. The van der Waals surface area contributed by atoms with E-state index in [-0.39, 0.29) is 12.1 Å². The zero-order valence-electron chi connectivity index (χ0n) is 15.5. The summed E-state index contributed by atoms with van der Waals surface area (Å²) in [6, 6.07) is 7.51. The fraction of sp³-hybridized carbons (Fsp3) is 0.368. The molecular formula is C19H23N7O. The van der Waals surface area contributed by atoms with Crippen molar-refractivity contribution in [1.82, 2.24) is 24.8 Å². The van der Waals surface area contributed by atoms with E-state index in [1.807, 2.05) is 36.3 Å². The van der Waals surface area contributed by atoms with Gasteiger partial charge in [-0.15, -0.1) is 0 Å². The van der Waals surface area contributed by atoms with Gasteiger partial charge in [-0.25, -0.2) is 19.7 Å². The van der Waals surface area contributed by atoms with Gasteiger partial charge >= 0.3 is 6.03 Å². The number of aromatic amines is 1. The Balaban J connectivity index is 1.52. The van der Waals surface area contributed by atoms with E-state index in [2.05, 4.69) is 37.1 Å². The Kier molecular flexibility index (Phi) is 4.62. The average molecular weight is 365 g/mol. The number of H-pyrrole nitrogens is 1. The molecule has 4 rings (SSSR count). The molecule has 0 saturated carbocycles. The van der Waals surface area contributed by atoms with Gasteiger partial charge in [0, 0.05) is 32.5 Å². The van der Waals surface area contributed by atoms with E-state index in [9.17, 15) is 4.79 Å². The summed E-state index contributed by atoms with van der Waals surface area (Å²) in [6.45, 7) is 3.59. The number of aromatic nitrogens is 4. The first-order valence-corrected chi connectivity index (χ1v) is 9.11. The van der Waals surface area contributed by atoms with Crippen molar-refractivity contribution in [2.24, 2.45) is 5.92 Å². The van der Waals surface area contributed by atoms with E-state index in [0.29, 0.717) is 18.3 Å². The fourth-order valence-corrected chi connectivity index (χ4v) is 3.66. The van der Waals surface area contributed by atoms with Crippen LogP contribution in [0.15, 0.2) is 43.0 Å². The maximum Gasteiger partial charge on any atom is 0.323 e. The van der Waals surface area contributed by atoms with E-state index >= 15 is 0 Å². The second-order valence-electron chi connectivity index (χ2n) is 6.97. The minimum atomic E-state index is -0.117. The van der Waals surface area contributed by atoms with Gasteiger partial charge in [-0.3, -0.25) is 5.32 Å². The largest absolute Gasteiger partial charge is 0.354 e. The molecular weight excluding hydrogens is 342 g/mol. The zero-order valence-corrected chi connectivity index (χ0v) is 15.5. The van der Waals surface area contributed by atoms with Crippen LogP contribution in [0.2, 0.25) is 0 Å². The van der Waals surface area contributed by atoms with Crippen LogP contribution in [0, 0.1) is 5.92 Å². The summed E-state index contributed by atoms with van der Waals surface area (Å²) in [5.41, 5.74) is 0.820. The van der Waals surface area contributed by atoms with Crippen LogP contribution in [0.4, 0.5) is 16.4 Å². The lowest BCUT2D eigenvalue weighted by Gasteiger charge is -2.42. The summed E-state index contributed by atoms with van der Waals surface area (Å²) in [5.74, 6) is 1.89. The summed E-state index contributed by atoms with van der Waals surface area (Å²) >= 11 is 0. The van der Waals surface area contributed by atoms with E-state index in [4.69, 9.17) is 0 Å². The van der Waals surface area contributed by atoms with E-state index in [1.54, 1.807) is 18.6 Å². The van der Waals surface area contributed by atoms with E-state index in [0.717, 1.165) is 29.8 Å². The van der Waals surface area contributed by atoms with Gasteiger partial charge in [0.2, 0.25) is 0 Å². The number of amides is 2. The lowest BCUT2D eigenvalue weighted by Crippen LogP contribution is -2.53. The molecule has 27 heavy (non-hydrogen) atoms. The number of piperidine rings is 1. The number of nitrogens with one attached hydrogen (secondary N) is 2. The molecule has 1 aliphatic rings. The van der Waals surface area contributed by atoms with Crippen LogP contribution in [-0.2, 0) is 0 Å². The van der Waals surface area contributed by atoms with Crippen LogP contribution in [0.25, 0.3) is 11.0 Å². The molecule has 2 N–H and O–H groups in total. The Morgan fingerprint density at radius 3 is 3.00 bits per heavy atom. The molecule has 140 valence electrons. The number of anilines is 2. The van der Waals surface area contributed by atoms with Gasteiger partial charge in [-0.2, -0.15) is 0 Å². The minimum Gasteiger partial charge on any atom is -0.354 e. The quantitative estimate of drug-likeness (QED) is 0.745. The number of likely N-dealkylation sites (tertiary alicyclic amines) is 1. The molecule has 2 unspecified atom stereocenters. The smallest absolute Gasteiger partial charge is 0.323 e. The molecule has 3 aromatic heterocycles. The fourth-order valence-electron chi connectivity index (χ4n) is 3.66. The first-order valence-electron chi connectivity index (χ1n) is 9.11. The molecule has 1 fully saturated rings. The van der Waals surface area contributed by atoms with Gasteiger partial charge in [0.15, 0.2) is 0 Å². The van der Waals surface area contributed by atoms with Crippen molar-refractivity contribution in [2.75, 3.05) is 30.4 Å². The van der Waals surface area contributed by atoms with Crippen molar-refractivity contribution in [3.05, 3.63) is 43.0 Å². The highest BCUT2D eigenvalue weighted by Crippen LogP contribution is 2.28. The number of likely N-dealkylation sites (N-methyl/N-ethyl adjacent to an activating group) is 1. The second-order valence-corrected chi connectivity index (χ2v) is 6.97. The monoisotopic (exact) mass is 365 g/mol. The molecule has 1 aliphatic heterocycles. The third kappa shape index (κ3) is 3.42. The third-order valence-electron chi connectivity index (χ3n) is 5.27. The molecule has 2 amide bonds. The second kappa shape index (κ2) is 7.22. The minimum absolute atomic E-state index is 0.117.